The highest BCUT2D eigenvalue weighted by Crippen LogP contribution is 2.44. The van der Waals surface area contributed by atoms with E-state index < -0.39 is 62.9 Å². The number of ether oxygens (including phenoxy) is 1. The number of benzene rings is 1. The van der Waals surface area contributed by atoms with Gasteiger partial charge in [-0.2, -0.15) is 34.8 Å². The molecule has 0 heterocycles. The fourth-order valence-electron chi connectivity index (χ4n) is 2.03. The molecule has 15 heteroatoms. The van der Waals surface area contributed by atoms with Gasteiger partial charge in [-0.3, -0.25) is 14.1 Å². The molecule has 1 aromatic carbocycles. The van der Waals surface area contributed by atoms with Crippen molar-refractivity contribution < 1.29 is 53.6 Å². The van der Waals surface area contributed by atoms with Crippen LogP contribution in [0.15, 0.2) is 18.2 Å². The first-order valence-corrected chi connectivity index (χ1v) is 10.4. The predicted octanol–water partition coefficient (Wildman–Crippen LogP) is 3.33. The first kappa shape index (κ1) is 26.4. The van der Waals surface area contributed by atoms with E-state index in [1.54, 1.807) is 22.6 Å². The van der Waals surface area contributed by atoms with Crippen LogP contribution in [-0.4, -0.2) is 48.5 Å². The standard InChI is InChI=1S/C15H14F6INO6S/c1-7(2)12(25)29-10-5-8(22)3-4-9(10)11(24)23-13(14(16,17)18,15(19,20)21)6-30(26,27)28/h3-5,7H,6H2,1-2H3,(H,23,24)(H,26,27,28). The summed E-state index contributed by atoms with van der Waals surface area (Å²) >= 11 is 1.69. The van der Waals surface area contributed by atoms with E-state index in [4.69, 9.17) is 9.29 Å². The number of esters is 1. The number of carbonyl (C=O) groups excluding carboxylic acids is 2. The van der Waals surface area contributed by atoms with Crippen LogP contribution in [-0.2, 0) is 14.9 Å². The second-order valence-electron chi connectivity index (χ2n) is 6.30. The first-order valence-electron chi connectivity index (χ1n) is 7.73. The minimum absolute atomic E-state index is 0.326. The van der Waals surface area contributed by atoms with E-state index in [9.17, 15) is 44.3 Å². The molecular weight excluding hydrogens is 563 g/mol. The van der Waals surface area contributed by atoms with Gasteiger partial charge < -0.3 is 10.1 Å². The molecule has 7 nitrogen and oxygen atoms in total. The van der Waals surface area contributed by atoms with Crippen molar-refractivity contribution in [3.63, 3.8) is 0 Å². The minimum Gasteiger partial charge on any atom is -0.425 e. The van der Waals surface area contributed by atoms with Crippen LogP contribution in [0.2, 0.25) is 0 Å². The Labute approximate surface area is 180 Å². The average molecular weight is 577 g/mol. The molecule has 0 aliphatic heterocycles. The van der Waals surface area contributed by atoms with Gasteiger partial charge in [0.1, 0.15) is 11.5 Å². The van der Waals surface area contributed by atoms with Gasteiger partial charge in [-0.25, -0.2) is 0 Å². The lowest BCUT2D eigenvalue weighted by molar-refractivity contribution is -0.296. The van der Waals surface area contributed by atoms with Crippen LogP contribution in [0.3, 0.4) is 0 Å². The Morgan fingerprint density at radius 3 is 2.03 bits per heavy atom. The lowest BCUT2D eigenvalue weighted by Gasteiger charge is -2.36. The molecule has 0 aliphatic carbocycles. The highest BCUT2D eigenvalue weighted by atomic mass is 127. The van der Waals surface area contributed by atoms with Crippen molar-refractivity contribution in [3.8, 4) is 5.75 Å². The maximum atomic E-state index is 13.4. The van der Waals surface area contributed by atoms with Gasteiger partial charge in [-0.15, -0.1) is 0 Å². The number of amides is 1. The Bertz CT molecular complexity index is 915. The maximum Gasteiger partial charge on any atom is 0.421 e. The second-order valence-corrected chi connectivity index (χ2v) is 9.00. The Hall–Kier alpha value is -1.62. The van der Waals surface area contributed by atoms with E-state index in [1.165, 1.54) is 13.8 Å². The van der Waals surface area contributed by atoms with Crippen LogP contribution in [0, 0.1) is 9.49 Å². The normalized spacial score (nSPS) is 13.3. The lowest BCUT2D eigenvalue weighted by Crippen LogP contribution is -2.70. The molecule has 0 spiro atoms. The smallest absolute Gasteiger partial charge is 0.421 e. The van der Waals surface area contributed by atoms with E-state index in [1.807, 2.05) is 0 Å². The molecular formula is C15H14F6INO6S. The largest absolute Gasteiger partial charge is 0.425 e. The zero-order valence-electron chi connectivity index (χ0n) is 15.1. The fraction of sp³-hybridized carbons (Fsp3) is 0.467. The summed E-state index contributed by atoms with van der Waals surface area (Å²) in [5.74, 6) is -7.26. The van der Waals surface area contributed by atoms with Gasteiger partial charge in [-0.1, -0.05) is 13.8 Å². The van der Waals surface area contributed by atoms with Gasteiger partial charge >= 0.3 is 18.3 Å². The van der Waals surface area contributed by atoms with Crippen LogP contribution >= 0.6 is 22.6 Å². The Kier molecular flexibility index (Phi) is 7.80. The van der Waals surface area contributed by atoms with E-state index in [0.29, 0.717) is 8.89 Å². The summed E-state index contributed by atoms with van der Waals surface area (Å²) in [5.41, 5.74) is -6.22. The van der Waals surface area contributed by atoms with Crippen LogP contribution in [0.4, 0.5) is 26.3 Å². The first-order chi connectivity index (χ1) is 13.3. The quantitative estimate of drug-likeness (QED) is 0.177. The van der Waals surface area contributed by atoms with Crippen molar-refractivity contribution in [1.29, 1.82) is 0 Å². The SMILES string of the molecule is CC(C)C(=O)Oc1cc(I)ccc1C(=O)NC(CS(=O)(=O)O)(C(F)(F)F)C(F)(F)F. The van der Waals surface area contributed by atoms with E-state index >= 15 is 0 Å². The minimum atomic E-state index is -6.37. The highest BCUT2D eigenvalue weighted by Gasteiger charge is 2.73. The highest BCUT2D eigenvalue weighted by molar-refractivity contribution is 14.1. The number of nitrogens with one attached hydrogen (secondary N) is 1. The second kappa shape index (κ2) is 8.86. The molecule has 0 saturated heterocycles. The average Bonchev–Trinajstić information content (AvgIpc) is 2.50. The van der Waals surface area contributed by atoms with Crippen LogP contribution in [0.1, 0.15) is 24.2 Å². The van der Waals surface area contributed by atoms with Crippen molar-refractivity contribution in [3.05, 3.63) is 27.3 Å². The van der Waals surface area contributed by atoms with Crippen molar-refractivity contribution in [2.24, 2.45) is 5.92 Å². The van der Waals surface area contributed by atoms with Crippen molar-refractivity contribution in [2.45, 2.75) is 31.7 Å². The molecule has 0 unspecified atom stereocenters. The van der Waals surface area contributed by atoms with E-state index in [0.717, 1.165) is 18.2 Å². The fourth-order valence-corrected chi connectivity index (χ4v) is 3.44. The number of carbonyl (C=O) groups is 2. The van der Waals surface area contributed by atoms with Gasteiger partial charge in [0.15, 0.2) is 0 Å². The van der Waals surface area contributed by atoms with E-state index in [2.05, 4.69) is 0 Å². The summed E-state index contributed by atoms with van der Waals surface area (Å²) in [4.78, 5) is 24.1. The third-order valence-corrected chi connectivity index (χ3v) is 5.03. The monoisotopic (exact) mass is 577 g/mol. The lowest BCUT2D eigenvalue weighted by atomic mass is 9.99. The molecule has 0 fully saturated rings. The van der Waals surface area contributed by atoms with Gasteiger partial charge in [-0.05, 0) is 40.8 Å². The predicted molar refractivity (Wildman–Crippen MR) is 98.4 cm³/mol. The van der Waals surface area contributed by atoms with Crippen molar-refractivity contribution >= 4 is 44.6 Å². The summed E-state index contributed by atoms with van der Waals surface area (Å²) in [6.45, 7) is 2.78. The number of rotatable bonds is 6. The summed E-state index contributed by atoms with van der Waals surface area (Å²) in [6.07, 6.45) is -12.7. The van der Waals surface area contributed by atoms with Crippen molar-refractivity contribution in [2.75, 3.05) is 5.75 Å². The molecule has 1 rings (SSSR count). The Balaban J connectivity index is 3.56. The molecule has 1 aromatic rings. The molecule has 1 amide bonds. The summed E-state index contributed by atoms with van der Waals surface area (Å²) in [7, 11) is -5.86. The molecule has 2 N–H and O–H groups in total. The third-order valence-electron chi connectivity index (χ3n) is 3.56. The topological polar surface area (TPSA) is 110 Å². The number of alkyl halides is 6. The number of hydrogen-bond donors (Lipinski definition) is 2. The van der Waals surface area contributed by atoms with Crippen molar-refractivity contribution in [1.82, 2.24) is 5.32 Å². The van der Waals surface area contributed by atoms with Gasteiger partial charge in [0.05, 0.1) is 11.5 Å². The Morgan fingerprint density at radius 2 is 1.63 bits per heavy atom. The molecule has 30 heavy (non-hydrogen) atoms. The van der Waals surface area contributed by atoms with E-state index in [-0.39, 0.29) is 0 Å². The molecule has 0 atom stereocenters. The number of hydrogen-bond acceptors (Lipinski definition) is 5. The summed E-state index contributed by atoms with van der Waals surface area (Å²) < 4.78 is 116. The van der Waals surface area contributed by atoms with Gasteiger partial charge in [0.2, 0.25) is 5.54 Å². The Morgan fingerprint density at radius 1 is 1.13 bits per heavy atom. The zero-order chi connectivity index (χ0) is 23.7. The third kappa shape index (κ3) is 6.19. The molecule has 170 valence electrons. The van der Waals surface area contributed by atoms with Crippen LogP contribution in [0.25, 0.3) is 0 Å². The molecule has 0 bridgehead atoms. The number of halogens is 7. The van der Waals surface area contributed by atoms with Gasteiger partial charge in [0.25, 0.3) is 16.0 Å². The summed E-state index contributed by atoms with van der Waals surface area (Å²) in [6, 6.07) is 2.94. The zero-order valence-corrected chi connectivity index (χ0v) is 18.0. The molecule has 0 saturated carbocycles. The molecule has 0 aliphatic rings. The van der Waals surface area contributed by atoms with Crippen LogP contribution < -0.4 is 10.1 Å². The maximum absolute atomic E-state index is 13.4. The molecule has 0 radical (unpaired) electrons. The summed E-state index contributed by atoms with van der Waals surface area (Å²) in [5, 5.41) is 0.624. The molecule has 0 aromatic heterocycles. The van der Waals surface area contributed by atoms with Gasteiger partial charge in [0, 0.05) is 3.57 Å². The van der Waals surface area contributed by atoms with Crippen LogP contribution in [0.5, 0.6) is 5.75 Å².